The highest BCUT2D eigenvalue weighted by atomic mass is 127. The van der Waals surface area contributed by atoms with Gasteiger partial charge in [-0.2, -0.15) is 0 Å². The van der Waals surface area contributed by atoms with Crippen LogP contribution in [0.1, 0.15) is 50.0 Å². The number of oxazole rings is 1. The maximum absolute atomic E-state index is 5.73. The first-order valence-electron chi connectivity index (χ1n) is 10.2. The third-order valence-electron chi connectivity index (χ3n) is 5.98. The topological polar surface area (TPSA) is 56.9 Å². The molecule has 0 amide bonds. The Morgan fingerprint density at radius 1 is 1.15 bits per heavy atom. The molecule has 1 aromatic heterocycles. The molecule has 0 unspecified atom stereocenters. The summed E-state index contributed by atoms with van der Waals surface area (Å²) in [6.07, 6.45) is 5.00. The molecular formula is C20H36IN5O. The molecule has 1 N–H and O–H groups in total. The summed E-state index contributed by atoms with van der Waals surface area (Å²) >= 11 is 0. The molecule has 2 fully saturated rings. The molecule has 7 heteroatoms. The monoisotopic (exact) mass is 489 g/mol. The van der Waals surface area contributed by atoms with Gasteiger partial charge in [-0.25, -0.2) is 4.98 Å². The first-order chi connectivity index (χ1) is 12.5. The van der Waals surface area contributed by atoms with Crippen molar-refractivity contribution in [1.82, 2.24) is 20.1 Å². The van der Waals surface area contributed by atoms with E-state index in [2.05, 4.69) is 32.0 Å². The Morgan fingerprint density at radius 2 is 1.81 bits per heavy atom. The molecule has 3 heterocycles. The maximum atomic E-state index is 5.73. The summed E-state index contributed by atoms with van der Waals surface area (Å²) in [5.74, 6) is 4.46. The van der Waals surface area contributed by atoms with Gasteiger partial charge in [-0.1, -0.05) is 6.92 Å². The normalized spacial score (nSPS) is 20.6. The predicted octanol–water partition coefficient (Wildman–Crippen LogP) is 3.43. The second kappa shape index (κ2) is 10.6. The van der Waals surface area contributed by atoms with Crippen LogP contribution in [0.5, 0.6) is 0 Å². The minimum Gasteiger partial charge on any atom is -0.444 e. The first kappa shape index (κ1) is 22.5. The minimum atomic E-state index is 0. The highest BCUT2D eigenvalue weighted by molar-refractivity contribution is 14.0. The van der Waals surface area contributed by atoms with Crippen LogP contribution in [-0.4, -0.2) is 60.5 Å². The van der Waals surface area contributed by atoms with Crippen LogP contribution in [0.3, 0.4) is 0 Å². The Morgan fingerprint density at radius 3 is 2.37 bits per heavy atom. The molecule has 0 spiro atoms. The van der Waals surface area contributed by atoms with E-state index in [1.54, 1.807) is 0 Å². The largest absolute Gasteiger partial charge is 0.444 e. The van der Waals surface area contributed by atoms with Crippen LogP contribution in [0.15, 0.2) is 9.41 Å². The number of nitrogens with zero attached hydrogens (tertiary/aromatic N) is 4. The molecule has 0 bridgehead atoms. The van der Waals surface area contributed by atoms with Gasteiger partial charge < -0.3 is 14.6 Å². The second-order valence-corrected chi connectivity index (χ2v) is 8.07. The van der Waals surface area contributed by atoms with Crippen LogP contribution in [0.25, 0.3) is 0 Å². The van der Waals surface area contributed by atoms with Gasteiger partial charge in [0.15, 0.2) is 5.96 Å². The number of guanidine groups is 1. The summed E-state index contributed by atoms with van der Waals surface area (Å²) < 4.78 is 5.73. The van der Waals surface area contributed by atoms with E-state index >= 15 is 0 Å². The van der Waals surface area contributed by atoms with E-state index in [0.717, 1.165) is 74.4 Å². The first-order valence-corrected chi connectivity index (χ1v) is 10.2. The van der Waals surface area contributed by atoms with Crippen molar-refractivity contribution >= 4 is 29.9 Å². The average molecular weight is 489 g/mol. The Labute approximate surface area is 181 Å². The number of hydrogen-bond acceptors (Lipinski definition) is 4. The number of hydrogen-bond donors (Lipinski definition) is 1. The molecule has 0 atom stereocenters. The molecule has 3 rings (SSSR count). The molecule has 0 aromatic carbocycles. The third kappa shape index (κ3) is 6.34. The standard InChI is InChI=1S/C20H35N5O.HI/c1-15-5-11-25(12-6-15)20(21-4)22-13-18-7-9-24(10-8-18)14-19-23-16(2)17(3)26-19;/h15,18H,5-14H2,1-4H3,(H,21,22);1H. The molecule has 0 saturated carbocycles. The van der Waals surface area contributed by atoms with Crippen molar-refractivity contribution in [2.45, 2.75) is 53.0 Å². The maximum Gasteiger partial charge on any atom is 0.208 e. The van der Waals surface area contributed by atoms with Gasteiger partial charge in [0.1, 0.15) is 5.76 Å². The third-order valence-corrected chi connectivity index (χ3v) is 5.98. The Balaban J connectivity index is 0.00000261. The van der Waals surface area contributed by atoms with Crippen molar-refractivity contribution in [2.24, 2.45) is 16.8 Å². The van der Waals surface area contributed by atoms with E-state index in [0.29, 0.717) is 0 Å². The highest BCUT2D eigenvalue weighted by Crippen LogP contribution is 2.20. The fourth-order valence-electron chi connectivity index (χ4n) is 3.94. The van der Waals surface area contributed by atoms with Gasteiger partial charge in [-0.3, -0.25) is 9.89 Å². The van der Waals surface area contributed by atoms with Crippen molar-refractivity contribution in [2.75, 3.05) is 39.8 Å². The zero-order chi connectivity index (χ0) is 18.5. The average Bonchev–Trinajstić information content (AvgIpc) is 2.95. The van der Waals surface area contributed by atoms with E-state index in [1.165, 1.54) is 25.7 Å². The van der Waals surface area contributed by atoms with Crippen molar-refractivity contribution < 1.29 is 4.42 Å². The summed E-state index contributed by atoms with van der Waals surface area (Å²) in [5, 5.41) is 3.63. The number of halogens is 1. The van der Waals surface area contributed by atoms with Crippen LogP contribution in [0.2, 0.25) is 0 Å². The number of rotatable bonds is 4. The Bertz CT molecular complexity index is 582. The fraction of sp³-hybridized carbons (Fsp3) is 0.800. The fourth-order valence-corrected chi connectivity index (χ4v) is 3.94. The summed E-state index contributed by atoms with van der Waals surface area (Å²) in [6, 6.07) is 0. The molecule has 2 saturated heterocycles. The molecule has 6 nitrogen and oxygen atoms in total. The van der Waals surface area contributed by atoms with Gasteiger partial charge in [0.2, 0.25) is 5.89 Å². The van der Waals surface area contributed by atoms with Gasteiger partial charge >= 0.3 is 0 Å². The van der Waals surface area contributed by atoms with Gasteiger partial charge in [0.05, 0.1) is 12.2 Å². The van der Waals surface area contributed by atoms with Crippen LogP contribution in [-0.2, 0) is 6.54 Å². The van der Waals surface area contributed by atoms with E-state index in [9.17, 15) is 0 Å². The van der Waals surface area contributed by atoms with Gasteiger partial charge in [-0.15, -0.1) is 24.0 Å². The van der Waals surface area contributed by atoms with Crippen molar-refractivity contribution in [3.05, 3.63) is 17.3 Å². The smallest absolute Gasteiger partial charge is 0.208 e. The number of aliphatic imine (C=N–C) groups is 1. The summed E-state index contributed by atoms with van der Waals surface area (Å²) in [5.41, 5.74) is 1.01. The summed E-state index contributed by atoms with van der Waals surface area (Å²) in [6.45, 7) is 12.7. The molecule has 0 aliphatic carbocycles. The number of piperidine rings is 2. The van der Waals surface area contributed by atoms with Crippen LogP contribution in [0, 0.1) is 25.7 Å². The van der Waals surface area contributed by atoms with Crippen LogP contribution < -0.4 is 5.32 Å². The van der Waals surface area contributed by atoms with Crippen LogP contribution >= 0.6 is 24.0 Å². The molecule has 2 aliphatic rings. The van der Waals surface area contributed by atoms with Gasteiger partial charge in [-0.05, 0) is 64.5 Å². The van der Waals surface area contributed by atoms with E-state index in [-0.39, 0.29) is 24.0 Å². The molecule has 154 valence electrons. The quantitative estimate of drug-likeness (QED) is 0.399. The lowest BCUT2D eigenvalue weighted by atomic mass is 9.96. The number of nitrogens with one attached hydrogen (secondary N) is 1. The zero-order valence-electron chi connectivity index (χ0n) is 17.3. The van der Waals surface area contributed by atoms with Crippen LogP contribution in [0.4, 0.5) is 0 Å². The number of likely N-dealkylation sites (tertiary alicyclic amines) is 2. The minimum absolute atomic E-state index is 0. The SMILES string of the molecule is CN=C(NCC1CCN(Cc2nc(C)c(C)o2)CC1)N1CCC(C)CC1.I. The summed E-state index contributed by atoms with van der Waals surface area (Å²) in [4.78, 5) is 13.9. The van der Waals surface area contributed by atoms with Crippen molar-refractivity contribution in [3.63, 3.8) is 0 Å². The Hall–Kier alpha value is -0.830. The van der Waals surface area contributed by atoms with Gasteiger partial charge in [0.25, 0.3) is 0 Å². The lowest BCUT2D eigenvalue weighted by Crippen LogP contribution is -2.47. The van der Waals surface area contributed by atoms with E-state index in [4.69, 9.17) is 4.42 Å². The van der Waals surface area contributed by atoms with E-state index < -0.39 is 0 Å². The Kier molecular flexibility index (Phi) is 8.85. The van der Waals surface area contributed by atoms with Crippen molar-refractivity contribution in [3.8, 4) is 0 Å². The van der Waals surface area contributed by atoms with Gasteiger partial charge in [0, 0.05) is 26.7 Å². The summed E-state index contributed by atoms with van der Waals surface area (Å²) in [7, 11) is 1.91. The second-order valence-electron chi connectivity index (χ2n) is 8.07. The predicted molar refractivity (Wildman–Crippen MR) is 121 cm³/mol. The molecular weight excluding hydrogens is 453 g/mol. The molecule has 0 radical (unpaired) electrons. The molecule has 27 heavy (non-hydrogen) atoms. The lowest BCUT2D eigenvalue weighted by Gasteiger charge is -2.35. The molecule has 2 aliphatic heterocycles. The highest BCUT2D eigenvalue weighted by Gasteiger charge is 2.23. The van der Waals surface area contributed by atoms with Crippen molar-refractivity contribution in [1.29, 1.82) is 0 Å². The van der Waals surface area contributed by atoms with E-state index in [1.807, 2.05) is 20.9 Å². The molecule has 1 aromatic rings. The number of aryl methyl sites for hydroxylation is 2. The zero-order valence-corrected chi connectivity index (χ0v) is 19.7. The number of aromatic nitrogens is 1. The lowest BCUT2D eigenvalue weighted by molar-refractivity contribution is 0.163.